The highest BCUT2D eigenvalue weighted by Crippen LogP contribution is 2.27. The Morgan fingerprint density at radius 1 is 1.25 bits per heavy atom. The highest BCUT2D eigenvalue weighted by Gasteiger charge is 2.18. The maximum Gasteiger partial charge on any atom is 0.271 e. The van der Waals surface area contributed by atoms with E-state index >= 15 is 0 Å². The summed E-state index contributed by atoms with van der Waals surface area (Å²) in [5.41, 5.74) is 6.78. The van der Waals surface area contributed by atoms with Crippen molar-refractivity contribution in [3.63, 3.8) is 0 Å². The first-order valence-electron chi connectivity index (χ1n) is 6.33. The molecule has 2 rings (SSSR count). The SMILES string of the molecule is CCNc1nc(N)c(C(=O)Nc2nc(CC)c(C)s2)s1. The Kier molecular flexibility index (Phi) is 4.56. The van der Waals surface area contributed by atoms with Gasteiger partial charge in [0.1, 0.15) is 10.7 Å². The summed E-state index contributed by atoms with van der Waals surface area (Å²) in [6, 6.07) is 0. The number of hydrogen-bond acceptors (Lipinski definition) is 7. The number of nitrogens with zero attached hydrogens (tertiary/aromatic N) is 2. The van der Waals surface area contributed by atoms with Crippen LogP contribution in [0.15, 0.2) is 0 Å². The Balaban J connectivity index is 2.14. The number of rotatable bonds is 5. The lowest BCUT2D eigenvalue weighted by atomic mass is 10.3. The van der Waals surface area contributed by atoms with Crippen LogP contribution in [0.25, 0.3) is 0 Å². The Hall–Kier alpha value is -1.67. The Morgan fingerprint density at radius 2 is 2.00 bits per heavy atom. The van der Waals surface area contributed by atoms with E-state index in [2.05, 4.69) is 20.6 Å². The third-order valence-electron chi connectivity index (χ3n) is 2.64. The van der Waals surface area contributed by atoms with Crippen molar-refractivity contribution in [2.75, 3.05) is 22.9 Å². The number of thiazole rings is 2. The zero-order valence-corrected chi connectivity index (χ0v) is 13.2. The molecule has 108 valence electrons. The normalized spacial score (nSPS) is 10.6. The van der Waals surface area contributed by atoms with E-state index in [1.54, 1.807) is 0 Å². The highest BCUT2D eigenvalue weighted by molar-refractivity contribution is 7.18. The molecule has 0 bridgehead atoms. The zero-order valence-electron chi connectivity index (χ0n) is 11.6. The molecule has 4 N–H and O–H groups in total. The molecule has 6 nitrogen and oxygen atoms in total. The van der Waals surface area contributed by atoms with Gasteiger partial charge in [0, 0.05) is 11.4 Å². The number of nitrogen functional groups attached to an aromatic ring is 1. The number of aryl methyl sites for hydroxylation is 2. The van der Waals surface area contributed by atoms with Crippen molar-refractivity contribution in [2.45, 2.75) is 27.2 Å². The minimum atomic E-state index is -0.263. The Morgan fingerprint density at radius 3 is 2.60 bits per heavy atom. The third kappa shape index (κ3) is 3.07. The molecule has 0 aliphatic heterocycles. The molecule has 0 saturated carbocycles. The highest BCUT2D eigenvalue weighted by atomic mass is 32.1. The topological polar surface area (TPSA) is 92.9 Å². The number of hydrogen-bond donors (Lipinski definition) is 3. The second-order valence-corrected chi connectivity index (χ2v) is 6.30. The van der Waals surface area contributed by atoms with Gasteiger partial charge in [-0.25, -0.2) is 9.97 Å². The van der Waals surface area contributed by atoms with Gasteiger partial charge in [-0.3, -0.25) is 10.1 Å². The first-order valence-corrected chi connectivity index (χ1v) is 7.96. The predicted molar refractivity (Wildman–Crippen MR) is 84.9 cm³/mol. The van der Waals surface area contributed by atoms with Crippen LogP contribution >= 0.6 is 22.7 Å². The largest absolute Gasteiger partial charge is 0.382 e. The summed E-state index contributed by atoms with van der Waals surface area (Å²) in [5.74, 6) is -0.0204. The standard InChI is InChI=1S/C12H17N5OS2/c1-4-7-6(3)19-12(15-7)17-10(18)8-9(13)16-11(20-8)14-5-2/h4-5,13H2,1-3H3,(H,14,16)(H,15,17,18). The van der Waals surface area contributed by atoms with Crippen molar-refractivity contribution < 1.29 is 4.79 Å². The van der Waals surface area contributed by atoms with Crippen LogP contribution in [0.1, 0.15) is 34.1 Å². The van der Waals surface area contributed by atoms with Crippen LogP contribution in [0.4, 0.5) is 16.1 Å². The monoisotopic (exact) mass is 311 g/mol. The zero-order chi connectivity index (χ0) is 14.7. The van der Waals surface area contributed by atoms with E-state index in [1.807, 2.05) is 20.8 Å². The number of carbonyl (C=O) groups is 1. The Bertz CT molecular complexity index is 619. The molecule has 0 radical (unpaired) electrons. The van der Waals surface area contributed by atoms with Crippen molar-refractivity contribution >= 4 is 44.7 Å². The molecule has 0 unspecified atom stereocenters. The van der Waals surface area contributed by atoms with Crippen LogP contribution in [0.5, 0.6) is 0 Å². The molecule has 0 saturated heterocycles. The van der Waals surface area contributed by atoms with Gasteiger partial charge in [-0.1, -0.05) is 18.3 Å². The minimum absolute atomic E-state index is 0.243. The molecule has 2 aromatic heterocycles. The molecule has 2 heterocycles. The van der Waals surface area contributed by atoms with Gasteiger partial charge in [-0.2, -0.15) is 0 Å². The van der Waals surface area contributed by atoms with Gasteiger partial charge in [-0.05, 0) is 20.3 Å². The first kappa shape index (κ1) is 14.7. The summed E-state index contributed by atoms with van der Waals surface area (Å²) >= 11 is 2.72. The van der Waals surface area contributed by atoms with E-state index < -0.39 is 0 Å². The summed E-state index contributed by atoms with van der Waals surface area (Å²) in [6.07, 6.45) is 0.853. The molecular weight excluding hydrogens is 294 g/mol. The van der Waals surface area contributed by atoms with Crippen LogP contribution in [0.3, 0.4) is 0 Å². The summed E-state index contributed by atoms with van der Waals surface area (Å²) < 4.78 is 0. The van der Waals surface area contributed by atoms with Crippen LogP contribution in [-0.4, -0.2) is 22.4 Å². The lowest BCUT2D eigenvalue weighted by Crippen LogP contribution is -2.12. The van der Waals surface area contributed by atoms with Crippen molar-refractivity contribution in [2.24, 2.45) is 0 Å². The van der Waals surface area contributed by atoms with Crippen LogP contribution in [0, 0.1) is 6.92 Å². The van der Waals surface area contributed by atoms with Crippen LogP contribution < -0.4 is 16.4 Å². The summed E-state index contributed by atoms with van der Waals surface area (Å²) in [6.45, 7) is 6.73. The molecule has 0 atom stereocenters. The Labute approximate surface area is 125 Å². The van der Waals surface area contributed by atoms with E-state index in [1.165, 1.54) is 22.7 Å². The number of nitrogens with two attached hydrogens (primary N) is 1. The quantitative estimate of drug-likeness (QED) is 0.789. The predicted octanol–water partition coefficient (Wildman–Crippen LogP) is 2.74. The average molecular weight is 311 g/mol. The maximum absolute atomic E-state index is 12.2. The van der Waals surface area contributed by atoms with Gasteiger partial charge in [-0.15, -0.1) is 11.3 Å². The lowest BCUT2D eigenvalue weighted by Gasteiger charge is -1.98. The molecular formula is C12H17N5OS2. The van der Waals surface area contributed by atoms with Gasteiger partial charge in [0.25, 0.3) is 5.91 Å². The van der Waals surface area contributed by atoms with Crippen molar-refractivity contribution in [1.29, 1.82) is 0 Å². The van der Waals surface area contributed by atoms with E-state index in [4.69, 9.17) is 5.73 Å². The number of anilines is 3. The lowest BCUT2D eigenvalue weighted by molar-refractivity contribution is 0.103. The number of carbonyl (C=O) groups excluding carboxylic acids is 1. The fourth-order valence-corrected chi connectivity index (χ4v) is 3.43. The average Bonchev–Trinajstić information content (AvgIpc) is 2.93. The van der Waals surface area contributed by atoms with E-state index in [-0.39, 0.29) is 11.7 Å². The number of nitrogens with one attached hydrogen (secondary N) is 2. The van der Waals surface area contributed by atoms with Crippen molar-refractivity contribution in [3.8, 4) is 0 Å². The summed E-state index contributed by atoms with van der Waals surface area (Å²) in [5, 5.41) is 7.08. The molecule has 0 aliphatic carbocycles. The second kappa shape index (κ2) is 6.19. The molecule has 2 aromatic rings. The molecule has 1 amide bonds. The second-order valence-electron chi connectivity index (χ2n) is 4.09. The fourth-order valence-electron chi connectivity index (χ4n) is 1.68. The molecule has 20 heavy (non-hydrogen) atoms. The van der Waals surface area contributed by atoms with Gasteiger partial charge >= 0.3 is 0 Å². The van der Waals surface area contributed by atoms with E-state index in [9.17, 15) is 4.79 Å². The van der Waals surface area contributed by atoms with E-state index in [0.717, 1.165) is 23.5 Å². The van der Waals surface area contributed by atoms with Crippen molar-refractivity contribution in [3.05, 3.63) is 15.4 Å². The van der Waals surface area contributed by atoms with E-state index in [0.29, 0.717) is 15.1 Å². The summed E-state index contributed by atoms with van der Waals surface area (Å²) in [4.78, 5) is 22.2. The first-order chi connectivity index (χ1) is 9.55. The summed E-state index contributed by atoms with van der Waals surface area (Å²) in [7, 11) is 0. The maximum atomic E-state index is 12.2. The van der Waals surface area contributed by atoms with Gasteiger partial charge in [0.05, 0.1) is 5.69 Å². The van der Waals surface area contributed by atoms with Gasteiger partial charge in [0.15, 0.2) is 10.3 Å². The molecule has 0 aliphatic rings. The molecule has 0 spiro atoms. The van der Waals surface area contributed by atoms with Gasteiger partial charge < -0.3 is 11.1 Å². The number of aromatic nitrogens is 2. The van der Waals surface area contributed by atoms with Crippen molar-refractivity contribution in [1.82, 2.24) is 9.97 Å². The van der Waals surface area contributed by atoms with Crippen LogP contribution in [-0.2, 0) is 6.42 Å². The molecule has 8 heteroatoms. The minimum Gasteiger partial charge on any atom is -0.382 e. The molecule has 0 fully saturated rings. The fraction of sp³-hybridized carbons (Fsp3) is 0.417. The number of amides is 1. The van der Waals surface area contributed by atoms with Gasteiger partial charge in [0.2, 0.25) is 0 Å². The van der Waals surface area contributed by atoms with Crippen LogP contribution in [0.2, 0.25) is 0 Å². The molecule has 0 aromatic carbocycles. The third-order valence-corrected chi connectivity index (χ3v) is 4.59. The smallest absolute Gasteiger partial charge is 0.271 e.